The second-order valence-corrected chi connectivity index (χ2v) is 5.50. The van der Waals surface area contributed by atoms with E-state index in [0.29, 0.717) is 0 Å². The molecule has 0 aromatic carbocycles. The molecule has 1 atom stereocenters. The highest BCUT2D eigenvalue weighted by Gasteiger charge is 2.14. The molecule has 0 bridgehead atoms. The summed E-state index contributed by atoms with van der Waals surface area (Å²) in [5, 5.41) is 5.58. The van der Waals surface area contributed by atoms with Gasteiger partial charge in [-0.2, -0.15) is 0 Å². The number of thiophene rings is 1. The molecule has 2 rings (SSSR count). The first-order chi connectivity index (χ1) is 7.34. The fraction of sp³-hybridized carbons (Fsp3) is 0.667. The molecule has 1 aliphatic rings. The lowest BCUT2D eigenvalue weighted by molar-refractivity contribution is 0.300. The first kappa shape index (κ1) is 11.1. The SMILES string of the molecule is CN(CCC1CCNC1)Cc1cccs1. The van der Waals surface area contributed by atoms with Gasteiger partial charge in [0.2, 0.25) is 0 Å². The fourth-order valence-corrected chi connectivity index (χ4v) is 2.90. The van der Waals surface area contributed by atoms with Crippen LogP contribution in [-0.4, -0.2) is 31.6 Å². The lowest BCUT2D eigenvalue weighted by Crippen LogP contribution is -2.21. The minimum absolute atomic E-state index is 0.913. The van der Waals surface area contributed by atoms with Crippen molar-refractivity contribution in [1.29, 1.82) is 0 Å². The second kappa shape index (κ2) is 5.64. The molecule has 1 N–H and O–H groups in total. The first-order valence-electron chi connectivity index (χ1n) is 5.76. The molecule has 0 saturated carbocycles. The van der Waals surface area contributed by atoms with Gasteiger partial charge >= 0.3 is 0 Å². The quantitative estimate of drug-likeness (QED) is 0.824. The van der Waals surface area contributed by atoms with E-state index < -0.39 is 0 Å². The summed E-state index contributed by atoms with van der Waals surface area (Å²) in [6.07, 6.45) is 2.71. The van der Waals surface area contributed by atoms with Crippen molar-refractivity contribution >= 4 is 11.3 Å². The van der Waals surface area contributed by atoms with Gasteiger partial charge in [0, 0.05) is 11.4 Å². The Balaban J connectivity index is 1.66. The van der Waals surface area contributed by atoms with E-state index in [-0.39, 0.29) is 0 Å². The van der Waals surface area contributed by atoms with E-state index >= 15 is 0 Å². The van der Waals surface area contributed by atoms with Crippen molar-refractivity contribution in [3.63, 3.8) is 0 Å². The molecule has 1 fully saturated rings. The summed E-state index contributed by atoms with van der Waals surface area (Å²) >= 11 is 1.86. The smallest absolute Gasteiger partial charge is 0.0324 e. The molecule has 0 spiro atoms. The Morgan fingerprint density at radius 2 is 2.53 bits per heavy atom. The van der Waals surface area contributed by atoms with E-state index in [1.165, 1.54) is 37.4 Å². The van der Waals surface area contributed by atoms with Gasteiger partial charge in [-0.05, 0) is 56.9 Å². The predicted molar refractivity (Wildman–Crippen MR) is 66.2 cm³/mol. The van der Waals surface area contributed by atoms with E-state index in [2.05, 4.69) is 34.8 Å². The Morgan fingerprint density at radius 3 is 3.20 bits per heavy atom. The van der Waals surface area contributed by atoms with Crippen molar-refractivity contribution in [2.45, 2.75) is 19.4 Å². The normalized spacial score (nSPS) is 21.3. The van der Waals surface area contributed by atoms with Gasteiger partial charge in [-0.3, -0.25) is 0 Å². The standard InChI is InChI=1S/C12H20N2S/c1-14(10-12-3-2-8-15-12)7-5-11-4-6-13-9-11/h2-3,8,11,13H,4-7,9-10H2,1H3. The second-order valence-electron chi connectivity index (χ2n) is 4.46. The number of rotatable bonds is 5. The Morgan fingerprint density at radius 1 is 1.60 bits per heavy atom. The lowest BCUT2D eigenvalue weighted by atomic mass is 10.1. The van der Waals surface area contributed by atoms with E-state index in [0.717, 1.165) is 12.5 Å². The zero-order chi connectivity index (χ0) is 10.5. The Bertz CT molecular complexity index is 265. The van der Waals surface area contributed by atoms with Crippen molar-refractivity contribution in [3.05, 3.63) is 22.4 Å². The maximum absolute atomic E-state index is 3.43. The van der Waals surface area contributed by atoms with Crippen molar-refractivity contribution in [2.24, 2.45) is 5.92 Å². The van der Waals surface area contributed by atoms with Gasteiger partial charge in [0.15, 0.2) is 0 Å². The molecule has 1 unspecified atom stereocenters. The summed E-state index contributed by atoms with van der Waals surface area (Å²) in [7, 11) is 2.22. The number of hydrogen-bond donors (Lipinski definition) is 1. The zero-order valence-electron chi connectivity index (χ0n) is 9.41. The third kappa shape index (κ3) is 3.59. The maximum Gasteiger partial charge on any atom is 0.0324 e. The summed E-state index contributed by atoms with van der Waals surface area (Å²) < 4.78 is 0. The van der Waals surface area contributed by atoms with E-state index in [1.807, 2.05) is 11.3 Å². The Labute approximate surface area is 96.3 Å². The Kier molecular flexibility index (Phi) is 4.18. The molecule has 2 nitrogen and oxygen atoms in total. The van der Waals surface area contributed by atoms with Crippen molar-refractivity contribution in [1.82, 2.24) is 10.2 Å². The molecular formula is C12H20N2S. The minimum atomic E-state index is 0.913. The predicted octanol–water partition coefficient (Wildman–Crippen LogP) is 2.18. The van der Waals surface area contributed by atoms with Crippen LogP contribution in [0.25, 0.3) is 0 Å². The van der Waals surface area contributed by atoms with Gasteiger partial charge < -0.3 is 10.2 Å². The van der Waals surface area contributed by atoms with Crippen LogP contribution in [0.5, 0.6) is 0 Å². The molecule has 84 valence electrons. The van der Waals surface area contributed by atoms with Crippen LogP contribution < -0.4 is 5.32 Å². The molecule has 0 aliphatic carbocycles. The van der Waals surface area contributed by atoms with E-state index in [1.54, 1.807) is 0 Å². The molecule has 15 heavy (non-hydrogen) atoms. The largest absolute Gasteiger partial charge is 0.316 e. The summed E-state index contributed by atoms with van der Waals surface area (Å²) in [6.45, 7) is 4.79. The molecule has 1 aromatic rings. The lowest BCUT2D eigenvalue weighted by Gasteiger charge is -2.17. The van der Waals surface area contributed by atoms with Crippen LogP contribution in [0.4, 0.5) is 0 Å². The molecule has 1 aromatic heterocycles. The van der Waals surface area contributed by atoms with Crippen LogP contribution in [0.3, 0.4) is 0 Å². The van der Waals surface area contributed by atoms with Crippen molar-refractivity contribution < 1.29 is 0 Å². The van der Waals surface area contributed by atoms with E-state index in [4.69, 9.17) is 0 Å². The van der Waals surface area contributed by atoms with Crippen LogP contribution in [0.15, 0.2) is 17.5 Å². The highest BCUT2D eigenvalue weighted by Crippen LogP contribution is 2.15. The van der Waals surface area contributed by atoms with Gasteiger partial charge in [-0.1, -0.05) is 6.07 Å². The summed E-state index contributed by atoms with van der Waals surface area (Å²) in [6, 6.07) is 4.35. The molecule has 0 amide bonds. The van der Waals surface area contributed by atoms with Gasteiger partial charge in [0.25, 0.3) is 0 Å². The number of hydrogen-bond acceptors (Lipinski definition) is 3. The van der Waals surface area contributed by atoms with Gasteiger partial charge in [-0.15, -0.1) is 11.3 Å². The zero-order valence-corrected chi connectivity index (χ0v) is 10.2. The average molecular weight is 224 g/mol. The first-order valence-corrected chi connectivity index (χ1v) is 6.64. The number of nitrogens with one attached hydrogen (secondary N) is 1. The molecule has 1 aliphatic heterocycles. The number of nitrogens with zero attached hydrogens (tertiary/aromatic N) is 1. The molecule has 2 heterocycles. The van der Waals surface area contributed by atoms with Crippen LogP contribution in [0.2, 0.25) is 0 Å². The van der Waals surface area contributed by atoms with Gasteiger partial charge in [0.1, 0.15) is 0 Å². The molecule has 0 radical (unpaired) electrons. The fourth-order valence-electron chi connectivity index (χ4n) is 2.11. The maximum atomic E-state index is 3.43. The van der Waals surface area contributed by atoms with Gasteiger partial charge in [-0.25, -0.2) is 0 Å². The van der Waals surface area contributed by atoms with Gasteiger partial charge in [0.05, 0.1) is 0 Å². The summed E-state index contributed by atoms with van der Waals surface area (Å²) in [5.41, 5.74) is 0. The summed E-state index contributed by atoms with van der Waals surface area (Å²) in [5.74, 6) is 0.913. The topological polar surface area (TPSA) is 15.3 Å². The third-order valence-corrected chi connectivity index (χ3v) is 3.95. The van der Waals surface area contributed by atoms with Crippen molar-refractivity contribution in [2.75, 3.05) is 26.7 Å². The molecular weight excluding hydrogens is 204 g/mol. The molecule has 3 heteroatoms. The average Bonchev–Trinajstić information content (AvgIpc) is 2.86. The van der Waals surface area contributed by atoms with Crippen LogP contribution in [0, 0.1) is 5.92 Å². The monoisotopic (exact) mass is 224 g/mol. The van der Waals surface area contributed by atoms with Crippen LogP contribution in [0.1, 0.15) is 17.7 Å². The minimum Gasteiger partial charge on any atom is -0.316 e. The van der Waals surface area contributed by atoms with Crippen LogP contribution in [-0.2, 0) is 6.54 Å². The Hall–Kier alpha value is -0.380. The third-order valence-electron chi connectivity index (χ3n) is 3.09. The van der Waals surface area contributed by atoms with Crippen molar-refractivity contribution in [3.8, 4) is 0 Å². The molecule has 1 saturated heterocycles. The summed E-state index contributed by atoms with van der Waals surface area (Å²) in [4.78, 5) is 3.91. The highest BCUT2D eigenvalue weighted by atomic mass is 32.1. The van der Waals surface area contributed by atoms with Crippen LogP contribution >= 0.6 is 11.3 Å². The van der Waals surface area contributed by atoms with E-state index in [9.17, 15) is 0 Å². The highest BCUT2D eigenvalue weighted by molar-refractivity contribution is 7.09.